The fourth-order valence-electron chi connectivity index (χ4n) is 3.70. The second-order valence-corrected chi connectivity index (χ2v) is 7.83. The Kier molecular flexibility index (Phi) is 5.89. The first-order valence-electron chi connectivity index (χ1n) is 9.17. The quantitative estimate of drug-likeness (QED) is 0.614. The van der Waals surface area contributed by atoms with Crippen molar-refractivity contribution in [2.75, 3.05) is 0 Å². The standard InChI is InChI=1S/C21H32O2/c1-5-20(3,16-17(2)18-12-8-6-9-13-18)19(22)23-21(4)14-10-7-11-15-21/h6,8-9,12-13,17H,5,7,10-11,14-16H2,1-4H3. The summed E-state index contributed by atoms with van der Waals surface area (Å²) in [5.74, 6) is 0.347. The van der Waals surface area contributed by atoms with Crippen molar-refractivity contribution in [3.8, 4) is 0 Å². The fourth-order valence-corrected chi connectivity index (χ4v) is 3.70. The molecule has 128 valence electrons. The van der Waals surface area contributed by atoms with Crippen LogP contribution in [0, 0.1) is 5.41 Å². The summed E-state index contributed by atoms with van der Waals surface area (Å²) in [4.78, 5) is 12.9. The molecule has 2 heteroatoms. The maximum Gasteiger partial charge on any atom is 0.312 e. The average molecular weight is 316 g/mol. The number of carbonyl (C=O) groups is 1. The molecule has 0 radical (unpaired) electrons. The molecule has 2 unspecified atom stereocenters. The maximum absolute atomic E-state index is 12.9. The van der Waals surface area contributed by atoms with Gasteiger partial charge in [0, 0.05) is 0 Å². The zero-order chi connectivity index (χ0) is 16.9. The molecule has 2 rings (SSSR count). The van der Waals surface area contributed by atoms with Gasteiger partial charge in [-0.05, 0) is 63.9 Å². The number of rotatable bonds is 6. The van der Waals surface area contributed by atoms with E-state index in [9.17, 15) is 4.79 Å². The molecule has 1 aliphatic rings. The molecule has 2 nitrogen and oxygen atoms in total. The van der Waals surface area contributed by atoms with E-state index in [1.54, 1.807) is 0 Å². The second-order valence-electron chi connectivity index (χ2n) is 7.83. The lowest BCUT2D eigenvalue weighted by atomic mass is 9.77. The van der Waals surface area contributed by atoms with E-state index in [-0.39, 0.29) is 11.6 Å². The van der Waals surface area contributed by atoms with Gasteiger partial charge in [0.1, 0.15) is 5.60 Å². The molecule has 0 aliphatic heterocycles. The first kappa shape index (κ1) is 18.0. The van der Waals surface area contributed by atoms with Gasteiger partial charge in [-0.15, -0.1) is 0 Å². The largest absolute Gasteiger partial charge is 0.459 e. The molecule has 23 heavy (non-hydrogen) atoms. The average Bonchev–Trinajstić information content (AvgIpc) is 2.55. The topological polar surface area (TPSA) is 26.3 Å². The highest BCUT2D eigenvalue weighted by Crippen LogP contribution is 2.39. The number of hydrogen-bond donors (Lipinski definition) is 0. The van der Waals surface area contributed by atoms with E-state index in [0.29, 0.717) is 5.92 Å². The van der Waals surface area contributed by atoms with Crippen LogP contribution in [0.5, 0.6) is 0 Å². The van der Waals surface area contributed by atoms with Gasteiger partial charge >= 0.3 is 5.97 Å². The van der Waals surface area contributed by atoms with Crippen LogP contribution in [0.3, 0.4) is 0 Å². The number of hydrogen-bond acceptors (Lipinski definition) is 2. The molecule has 2 atom stereocenters. The minimum absolute atomic E-state index is 0.00724. The predicted octanol–water partition coefficient (Wildman–Crippen LogP) is 5.86. The lowest BCUT2D eigenvalue weighted by Crippen LogP contribution is -2.40. The van der Waals surface area contributed by atoms with Crippen molar-refractivity contribution in [2.24, 2.45) is 5.41 Å². The summed E-state index contributed by atoms with van der Waals surface area (Å²) in [5.41, 5.74) is 0.640. The number of carbonyl (C=O) groups excluding carboxylic acids is 1. The van der Waals surface area contributed by atoms with Crippen molar-refractivity contribution in [1.82, 2.24) is 0 Å². The Morgan fingerprint density at radius 3 is 2.39 bits per heavy atom. The summed E-state index contributed by atoms with van der Waals surface area (Å²) in [6.45, 7) is 8.49. The van der Waals surface area contributed by atoms with E-state index in [4.69, 9.17) is 4.74 Å². The van der Waals surface area contributed by atoms with Gasteiger partial charge in [0.2, 0.25) is 0 Å². The van der Waals surface area contributed by atoms with Crippen LogP contribution in [0.25, 0.3) is 0 Å². The summed E-state index contributed by atoms with van der Waals surface area (Å²) < 4.78 is 6.03. The lowest BCUT2D eigenvalue weighted by Gasteiger charge is -2.38. The molecular weight excluding hydrogens is 284 g/mol. The Morgan fingerprint density at radius 1 is 1.22 bits per heavy atom. The van der Waals surface area contributed by atoms with Gasteiger partial charge in [0.15, 0.2) is 0 Å². The third kappa shape index (κ3) is 4.59. The Hall–Kier alpha value is -1.31. The zero-order valence-corrected chi connectivity index (χ0v) is 15.2. The molecule has 1 aliphatic carbocycles. The van der Waals surface area contributed by atoms with Crippen LogP contribution < -0.4 is 0 Å². The van der Waals surface area contributed by atoms with Gasteiger partial charge < -0.3 is 4.74 Å². The smallest absolute Gasteiger partial charge is 0.312 e. The maximum atomic E-state index is 12.9. The van der Waals surface area contributed by atoms with Crippen LogP contribution in [0.4, 0.5) is 0 Å². The van der Waals surface area contributed by atoms with Crippen molar-refractivity contribution >= 4 is 5.97 Å². The molecule has 1 saturated carbocycles. The van der Waals surface area contributed by atoms with Gasteiger partial charge in [-0.1, -0.05) is 50.6 Å². The van der Waals surface area contributed by atoms with E-state index in [1.165, 1.54) is 24.8 Å². The van der Waals surface area contributed by atoms with Crippen LogP contribution in [0.15, 0.2) is 30.3 Å². The molecule has 1 fully saturated rings. The Labute approximate surface area is 141 Å². The third-order valence-corrected chi connectivity index (χ3v) is 5.65. The van der Waals surface area contributed by atoms with E-state index < -0.39 is 5.41 Å². The van der Waals surface area contributed by atoms with E-state index in [2.05, 4.69) is 52.0 Å². The molecule has 0 aromatic heterocycles. The normalized spacial score (nSPS) is 21.2. The SMILES string of the molecule is CCC(C)(CC(C)c1ccccc1)C(=O)OC1(C)CCCCC1. The summed E-state index contributed by atoms with van der Waals surface area (Å²) in [6, 6.07) is 10.5. The number of ether oxygens (including phenoxy) is 1. The monoisotopic (exact) mass is 316 g/mol. The first-order valence-corrected chi connectivity index (χ1v) is 9.17. The Balaban J connectivity index is 2.05. The summed E-state index contributed by atoms with van der Waals surface area (Å²) >= 11 is 0. The lowest BCUT2D eigenvalue weighted by molar-refractivity contribution is -0.174. The predicted molar refractivity (Wildman–Crippen MR) is 95.5 cm³/mol. The van der Waals surface area contributed by atoms with Gasteiger partial charge in [-0.3, -0.25) is 4.79 Å². The minimum atomic E-state index is -0.407. The molecular formula is C21H32O2. The molecule has 0 saturated heterocycles. The first-order chi connectivity index (χ1) is 10.9. The van der Waals surface area contributed by atoms with Crippen LogP contribution in [0.1, 0.15) is 84.1 Å². The third-order valence-electron chi connectivity index (χ3n) is 5.65. The van der Waals surface area contributed by atoms with E-state index in [0.717, 1.165) is 25.7 Å². The van der Waals surface area contributed by atoms with Crippen LogP contribution in [0.2, 0.25) is 0 Å². The van der Waals surface area contributed by atoms with E-state index >= 15 is 0 Å². The Morgan fingerprint density at radius 2 is 1.83 bits per heavy atom. The summed E-state index contributed by atoms with van der Waals surface area (Å²) in [5, 5.41) is 0. The summed E-state index contributed by atoms with van der Waals surface area (Å²) in [7, 11) is 0. The molecule has 1 aromatic rings. The van der Waals surface area contributed by atoms with Crippen molar-refractivity contribution in [3.05, 3.63) is 35.9 Å². The number of benzene rings is 1. The Bertz CT molecular complexity index is 502. The van der Waals surface area contributed by atoms with Gasteiger partial charge in [0.25, 0.3) is 0 Å². The van der Waals surface area contributed by atoms with Gasteiger partial charge in [-0.25, -0.2) is 0 Å². The molecule has 0 amide bonds. The van der Waals surface area contributed by atoms with Gasteiger partial charge in [-0.2, -0.15) is 0 Å². The fraction of sp³-hybridized carbons (Fsp3) is 0.667. The van der Waals surface area contributed by atoms with Crippen molar-refractivity contribution in [2.45, 2.75) is 84.2 Å². The van der Waals surface area contributed by atoms with Crippen LogP contribution >= 0.6 is 0 Å². The molecule has 0 bridgehead atoms. The minimum Gasteiger partial charge on any atom is -0.459 e. The molecule has 0 heterocycles. The molecule has 0 N–H and O–H groups in total. The number of esters is 1. The second kappa shape index (κ2) is 7.51. The highest BCUT2D eigenvalue weighted by molar-refractivity contribution is 5.77. The summed E-state index contributed by atoms with van der Waals surface area (Å²) in [6.07, 6.45) is 7.28. The van der Waals surface area contributed by atoms with Gasteiger partial charge in [0.05, 0.1) is 5.41 Å². The highest BCUT2D eigenvalue weighted by atomic mass is 16.6. The molecule has 0 spiro atoms. The van der Waals surface area contributed by atoms with Crippen LogP contribution in [-0.2, 0) is 9.53 Å². The molecule has 1 aromatic carbocycles. The van der Waals surface area contributed by atoms with Crippen molar-refractivity contribution in [3.63, 3.8) is 0 Å². The van der Waals surface area contributed by atoms with Crippen molar-refractivity contribution < 1.29 is 9.53 Å². The van der Waals surface area contributed by atoms with E-state index in [1.807, 2.05) is 6.07 Å². The zero-order valence-electron chi connectivity index (χ0n) is 15.2. The van der Waals surface area contributed by atoms with Crippen molar-refractivity contribution in [1.29, 1.82) is 0 Å². The highest BCUT2D eigenvalue weighted by Gasteiger charge is 2.40. The van der Waals surface area contributed by atoms with Crippen LogP contribution in [-0.4, -0.2) is 11.6 Å².